The van der Waals surface area contributed by atoms with Crippen molar-refractivity contribution in [3.05, 3.63) is 53.0 Å². The quantitative estimate of drug-likeness (QED) is 0.869. The molecule has 0 atom stereocenters. The molecule has 2 aliphatic rings. The molecule has 4 rings (SSSR count). The number of likely N-dealkylation sites (tertiary alicyclic amines) is 1. The summed E-state index contributed by atoms with van der Waals surface area (Å²) in [5.74, 6) is 1.27. The Kier molecular flexibility index (Phi) is 3.87. The molecule has 132 valence electrons. The second-order valence-corrected chi connectivity index (χ2v) is 7.06. The number of rotatable bonds is 3. The number of hydrogen-bond acceptors (Lipinski definition) is 4. The van der Waals surface area contributed by atoms with Gasteiger partial charge in [0.05, 0.1) is 11.2 Å². The van der Waals surface area contributed by atoms with Gasteiger partial charge in [0.2, 0.25) is 5.95 Å². The van der Waals surface area contributed by atoms with Crippen molar-refractivity contribution in [1.29, 1.82) is 0 Å². The third kappa shape index (κ3) is 2.95. The summed E-state index contributed by atoms with van der Waals surface area (Å²) in [6.45, 7) is 2.55. The Bertz CT molecular complexity index is 805. The Morgan fingerprint density at radius 1 is 1.40 bits per heavy atom. The maximum Gasteiger partial charge on any atom is 0.257 e. The molecule has 2 aromatic heterocycles. The van der Waals surface area contributed by atoms with Crippen LogP contribution in [0, 0.1) is 12.9 Å². The van der Waals surface area contributed by atoms with Gasteiger partial charge in [0.15, 0.2) is 0 Å². The molecule has 1 saturated heterocycles. The summed E-state index contributed by atoms with van der Waals surface area (Å²) in [4.78, 5) is 18.1. The molecule has 0 aromatic carbocycles. The minimum Gasteiger partial charge on any atom is -0.465 e. The second-order valence-electron chi connectivity index (χ2n) is 7.06. The maximum atomic E-state index is 13.9. The van der Waals surface area contributed by atoms with E-state index in [0.717, 1.165) is 18.6 Å². The summed E-state index contributed by atoms with van der Waals surface area (Å²) < 4.78 is 19.6. The molecule has 2 aromatic rings. The van der Waals surface area contributed by atoms with Gasteiger partial charge < -0.3 is 14.4 Å². The van der Waals surface area contributed by atoms with Crippen molar-refractivity contribution in [2.24, 2.45) is 0 Å². The van der Waals surface area contributed by atoms with Gasteiger partial charge in [-0.1, -0.05) is 6.07 Å². The maximum absolute atomic E-state index is 13.9. The number of pyridine rings is 1. The topological polar surface area (TPSA) is 66.6 Å². The first kappa shape index (κ1) is 16.3. The second kappa shape index (κ2) is 5.95. The summed E-state index contributed by atoms with van der Waals surface area (Å²) in [5.41, 5.74) is -0.475. The summed E-state index contributed by atoms with van der Waals surface area (Å²) >= 11 is 0. The van der Waals surface area contributed by atoms with Crippen molar-refractivity contribution < 1.29 is 18.7 Å². The molecule has 5 nitrogen and oxygen atoms in total. The molecule has 1 aliphatic carbocycles. The van der Waals surface area contributed by atoms with E-state index in [-0.39, 0.29) is 24.3 Å². The van der Waals surface area contributed by atoms with E-state index in [9.17, 15) is 14.3 Å². The van der Waals surface area contributed by atoms with E-state index >= 15 is 0 Å². The molecular weight excluding hydrogens is 323 g/mol. The van der Waals surface area contributed by atoms with E-state index in [1.54, 1.807) is 17.0 Å². The number of furan rings is 1. The first-order valence-electron chi connectivity index (χ1n) is 8.71. The zero-order chi connectivity index (χ0) is 17.6. The van der Waals surface area contributed by atoms with Crippen molar-refractivity contribution in [2.75, 3.05) is 13.1 Å². The number of carbonyl (C=O) groups excluding carboxylic acids is 1. The van der Waals surface area contributed by atoms with Crippen LogP contribution in [0.5, 0.6) is 0 Å². The number of nitrogens with zero attached hydrogens (tertiary/aromatic N) is 2. The van der Waals surface area contributed by atoms with Crippen LogP contribution in [-0.2, 0) is 5.60 Å². The summed E-state index contributed by atoms with van der Waals surface area (Å²) in [6, 6.07) is 5.03. The van der Waals surface area contributed by atoms with E-state index in [0.29, 0.717) is 30.3 Å². The van der Waals surface area contributed by atoms with Crippen LogP contribution in [0.2, 0.25) is 0 Å². The molecule has 0 spiro atoms. The van der Waals surface area contributed by atoms with Crippen LogP contribution < -0.4 is 0 Å². The van der Waals surface area contributed by atoms with E-state index in [1.165, 1.54) is 6.20 Å². The van der Waals surface area contributed by atoms with Crippen molar-refractivity contribution >= 4 is 5.91 Å². The average molecular weight is 344 g/mol. The first-order chi connectivity index (χ1) is 12.0. The summed E-state index contributed by atoms with van der Waals surface area (Å²) in [7, 11) is 0. The first-order valence-corrected chi connectivity index (χ1v) is 8.71. The molecule has 6 heteroatoms. The molecule has 1 amide bonds. The number of halogens is 1. The highest BCUT2D eigenvalue weighted by Gasteiger charge is 2.38. The largest absolute Gasteiger partial charge is 0.465 e. The van der Waals surface area contributed by atoms with Gasteiger partial charge in [-0.25, -0.2) is 4.98 Å². The number of aromatic nitrogens is 1. The van der Waals surface area contributed by atoms with Crippen molar-refractivity contribution in [3.8, 4) is 0 Å². The van der Waals surface area contributed by atoms with Crippen LogP contribution in [0.1, 0.15) is 59.0 Å². The van der Waals surface area contributed by atoms with Gasteiger partial charge in [-0.15, -0.1) is 0 Å². The molecule has 0 unspecified atom stereocenters. The summed E-state index contributed by atoms with van der Waals surface area (Å²) in [5, 5.41) is 10.8. The fourth-order valence-corrected chi connectivity index (χ4v) is 3.54. The standard InChI is InChI=1S/C19H21FN2O3/c1-12-14(11-16(25-12)13-4-5-13)18(23)22-9-6-19(24,7-10-22)15-3-2-8-21-17(15)20/h2-3,8,11,13,24H,4-7,9-10H2,1H3. The van der Waals surface area contributed by atoms with Gasteiger partial charge >= 0.3 is 0 Å². The molecule has 1 N–H and O–H groups in total. The van der Waals surface area contributed by atoms with Gasteiger partial charge in [0.1, 0.15) is 11.5 Å². The van der Waals surface area contributed by atoms with Crippen LogP contribution >= 0.6 is 0 Å². The number of aryl methyl sites for hydroxylation is 1. The van der Waals surface area contributed by atoms with E-state index < -0.39 is 11.5 Å². The number of piperidine rings is 1. The number of amides is 1. The summed E-state index contributed by atoms with van der Waals surface area (Å²) in [6.07, 6.45) is 4.17. The van der Waals surface area contributed by atoms with Crippen LogP contribution in [-0.4, -0.2) is 34.0 Å². The zero-order valence-corrected chi connectivity index (χ0v) is 14.2. The minimum atomic E-state index is -1.28. The fourth-order valence-electron chi connectivity index (χ4n) is 3.54. The Morgan fingerprint density at radius 2 is 2.12 bits per heavy atom. The minimum absolute atomic E-state index is 0.0816. The van der Waals surface area contributed by atoms with Gasteiger partial charge in [0.25, 0.3) is 5.91 Å². The van der Waals surface area contributed by atoms with E-state index in [1.807, 2.05) is 13.0 Å². The predicted molar refractivity (Wildman–Crippen MR) is 88.6 cm³/mol. The lowest BCUT2D eigenvalue weighted by Gasteiger charge is -2.38. The monoisotopic (exact) mass is 344 g/mol. The molecule has 1 saturated carbocycles. The highest BCUT2D eigenvalue weighted by molar-refractivity contribution is 5.95. The third-order valence-electron chi connectivity index (χ3n) is 5.29. The van der Waals surface area contributed by atoms with E-state index in [2.05, 4.69) is 4.98 Å². The number of hydrogen-bond donors (Lipinski definition) is 1. The van der Waals surface area contributed by atoms with Crippen LogP contribution in [0.4, 0.5) is 4.39 Å². The Hall–Kier alpha value is -2.21. The van der Waals surface area contributed by atoms with E-state index in [4.69, 9.17) is 4.42 Å². The van der Waals surface area contributed by atoms with Gasteiger partial charge in [-0.3, -0.25) is 4.79 Å². The molecule has 3 heterocycles. The van der Waals surface area contributed by atoms with Crippen LogP contribution in [0.3, 0.4) is 0 Å². The lowest BCUT2D eigenvalue weighted by Crippen LogP contribution is -2.45. The lowest BCUT2D eigenvalue weighted by atomic mass is 9.85. The van der Waals surface area contributed by atoms with Crippen LogP contribution in [0.15, 0.2) is 28.8 Å². The molecular formula is C19H21FN2O3. The highest BCUT2D eigenvalue weighted by atomic mass is 19.1. The third-order valence-corrected chi connectivity index (χ3v) is 5.29. The number of carbonyl (C=O) groups is 1. The molecule has 0 radical (unpaired) electrons. The fraction of sp³-hybridized carbons (Fsp3) is 0.474. The Labute approximate surface area is 145 Å². The predicted octanol–water partition coefficient (Wildman–Crippen LogP) is 3.12. The van der Waals surface area contributed by atoms with Crippen molar-refractivity contribution in [2.45, 2.75) is 44.1 Å². The zero-order valence-electron chi connectivity index (χ0n) is 14.2. The molecule has 2 fully saturated rings. The Balaban J connectivity index is 1.48. The smallest absolute Gasteiger partial charge is 0.257 e. The van der Waals surface area contributed by atoms with Gasteiger partial charge in [-0.2, -0.15) is 4.39 Å². The van der Waals surface area contributed by atoms with Gasteiger partial charge in [-0.05, 0) is 44.7 Å². The lowest BCUT2D eigenvalue weighted by molar-refractivity contribution is -0.0241. The molecule has 1 aliphatic heterocycles. The normalized spacial score (nSPS) is 19.9. The van der Waals surface area contributed by atoms with Crippen LogP contribution in [0.25, 0.3) is 0 Å². The highest BCUT2D eigenvalue weighted by Crippen LogP contribution is 2.42. The molecule has 0 bridgehead atoms. The van der Waals surface area contributed by atoms with Crippen molar-refractivity contribution in [3.63, 3.8) is 0 Å². The van der Waals surface area contributed by atoms with Crippen molar-refractivity contribution in [1.82, 2.24) is 9.88 Å². The average Bonchev–Trinajstić information content (AvgIpc) is 3.38. The van der Waals surface area contributed by atoms with Gasteiger partial charge in [0, 0.05) is 30.8 Å². The SMILES string of the molecule is Cc1oc(C2CC2)cc1C(=O)N1CCC(O)(c2cccnc2F)CC1. The molecule has 25 heavy (non-hydrogen) atoms. The Morgan fingerprint density at radius 3 is 2.76 bits per heavy atom. The number of aliphatic hydroxyl groups is 1.